The molecule has 0 atom stereocenters. The monoisotopic (exact) mass is 310 g/mol. The van der Waals surface area contributed by atoms with E-state index in [1.54, 1.807) is 6.07 Å². The van der Waals surface area contributed by atoms with Gasteiger partial charge in [-0.25, -0.2) is 0 Å². The van der Waals surface area contributed by atoms with Gasteiger partial charge in [0, 0.05) is 10.4 Å². The topological polar surface area (TPSA) is 58.2 Å². The second-order valence-electron chi connectivity index (χ2n) is 4.37. The Bertz CT molecular complexity index is 458. The van der Waals surface area contributed by atoms with Crippen molar-refractivity contribution in [2.45, 2.75) is 19.3 Å². The number of halogens is 1. The summed E-state index contributed by atoms with van der Waals surface area (Å²) in [5.74, 6) is -0.112. The lowest BCUT2D eigenvalue weighted by Gasteiger charge is -2.23. The maximum absolute atomic E-state index is 11.7. The van der Waals surface area contributed by atoms with Crippen LogP contribution < -0.4 is 10.6 Å². The van der Waals surface area contributed by atoms with Gasteiger partial charge in [-0.3, -0.25) is 9.59 Å². The van der Waals surface area contributed by atoms with Crippen molar-refractivity contribution in [3.63, 3.8) is 0 Å². The van der Waals surface area contributed by atoms with Crippen LogP contribution in [-0.4, -0.2) is 18.4 Å². The molecule has 1 aliphatic rings. The molecule has 1 aromatic carbocycles. The summed E-state index contributed by atoms with van der Waals surface area (Å²) in [6.45, 7) is 0.0245. The second kappa shape index (κ2) is 6.00. The Morgan fingerprint density at radius 2 is 2.00 bits per heavy atom. The van der Waals surface area contributed by atoms with E-state index in [0.717, 1.165) is 23.7 Å². The fourth-order valence-corrected chi connectivity index (χ4v) is 2.12. The molecule has 0 spiro atoms. The van der Waals surface area contributed by atoms with Crippen molar-refractivity contribution in [3.8, 4) is 0 Å². The van der Waals surface area contributed by atoms with E-state index in [-0.39, 0.29) is 24.3 Å². The molecule has 4 nitrogen and oxygen atoms in total. The number of hydrogen-bond donors (Lipinski definition) is 2. The highest BCUT2D eigenvalue weighted by Gasteiger charge is 2.25. The van der Waals surface area contributed by atoms with Gasteiger partial charge in [0.15, 0.2) is 0 Å². The number of carbonyl (C=O) groups is 2. The second-order valence-corrected chi connectivity index (χ2v) is 5.23. The highest BCUT2D eigenvalue weighted by atomic mass is 79.9. The van der Waals surface area contributed by atoms with Crippen molar-refractivity contribution in [2.75, 3.05) is 11.9 Å². The van der Waals surface area contributed by atoms with Gasteiger partial charge in [-0.1, -0.05) is 18.6 Å². The first-order valence-corrected chi connectivity index (χ1v) is 6.78. The average molecular weight is 311 g/mol. The van der Waals surface area contributed by atoms with Crippen LogP contribution in [0.15, 0.2) is 28.7 Å². The molecule has 18 heavy (non-hydrogen) atoms. The SMILES string of the molecule is O=C(CNC(=O)C1CCC1)Nc1ccccc1Br. The predicted molar refractivity (Wildman–Crippen MR) is 73.1 cm³/mol. The molecular formula is C13H15BrN2O2. The molecule has 2 N–H and O–H groups in total. The summed E-state index contributed by atoms with van der Waals surface area (Å²) in [6.07, 6.45) is 3.00. The fourth-order valence-electron chi connectivity index (χ4n) is 1.74. The molecule has 1 fully saturated rings. The van der Waals surface area contributed by atoms with Crippen LogP contribution in [0.2, 0.25) is 0 Å². The fraction of sp³-hybridized carbons (Fsp3) is 0.385. The molecule has 1 aliphatic carbocycles. The molecule has 1 aromatic rings. The molecule has 0 radical (unpaired) electrons. The Kier molecular flexibility index (Phi) is 4.36. The van der Waals surface area contributed by atoms with E-state index >= 15 is 0 Å². The number of para-hydroxylation sites is 1. The van der Waals surface area contributed by atoms with Crippen LogP contribution in [0.25, 0.3) is 0 Å². The molecule has 5 heteroatoms. The van der Waals surface area contributed by atoms with Gasteiger partial charge in [0.25, 0.3) is 0 Å². The third-order valence-electron chi connectivity index (χ3n) is 3.05. The summed E-state index contributed by atoms with van der Waals surface area (Å²) >= 11 is 3.35. The van der Waals surface area contributed by atoms with Crippen LogP contribution >= 0.6 is 15.9 Å². The molecule has 0 unspecified atom stereocenters. The summed E-state index contributed by atoms with van der Waals surface area (Å²) in [6, 6.07) is 7.36. The van der Waals surface area contributed by atoms with Gasteiger partial charge < -0.3 is 10.6 Å². The molecule has 1 saturated carbocycles. The van der Waals surface area contributed by atoms with Crippen LogP contribution in [0.4, 0.5) is 5.69 Å². The Balaban J connectivity index is 1.78. The molecule has 0 heterocycles. The first-order valence-electron chi connectivity index (χ1n) is 5.99. The maximum atomic E-state index is 11.7. The van der Waals surface area contributed by atoms with E-state index in [4.69, 9.17) is 0 Å². The molecular weight excluding hydrogens is 296 g/mol. The van der Waals surface area contributed by atoms with Crippen molar-refractivity contribution >= 4 is 33.4 Å². The first-order chi connectivity index (χ1) is 8.66. The zero-order chi connectivity index (χ0) is 13.0. The maximum Gasteiger partial charge on any atom is 0.243 e. The van der Waals surface area contributed by atoms with E-state index < -0.39 is 0 Å². The normalized spacial score (nSPS) is 14.7. The zero-order valence-corrected chi connectivity index (χ0v) is 11.5. The zero-order valence-electron chi connectivity index (χ0n) is 9.91. The van der Waals surface area contributed by atoms with Crippen LogP contribution in [-0.2, 0) is 9.59 Å². The van der Waals surface area contributed by atoms with Crippen LogP contribution in [0.1, 0.15) is 19.3 Å². The number of carbonyl (C=O) groups excluding carboxylic acids is 2. The lowest BCUT2D eigenvalue weighted by atomic mass is 9.85. The van der Waals surface area contributed by atoms with E-state index in [9.17, 15) is 9.59 Å². The standard InChI is InChI=1S/C13H15BrN2O2/c14-10-6-1-2-7-11(10)16-12(17)8-15-13(18)9-4-3-5-9/h1-2,6-7,9H,3-5,8H2,(H,15,18)(H,16,17). The minimum atomic E-state index is -0.213. The van der Waals surface area contributed by atoms with E-state index in [0.29, 0.717) is 5.69 Å². The van der Waals surface area contributed by atoms with Gasteiger partial charge in [0.2, 0.25) is 11.8 Å². The molecule has 0 aliphatic heterocycles. The summed E-state index contributed by atoms with van der Waals surface area (Å²) in [7, 11) is 0. The van der Waals surface area contributed by atoms with Crippen LogP contribution in [0.5, 0.6) is 0 Å². The van der Waals surface area contributed by atoms with Crippen molar-refractivity contribution < 1.29 is 9.59 Å². The van der Waals surface area contributed by atoms with Crippen LogP contribution in [0, 0.1) is 5.92 Å². The van der Waals surface area contributed by atoms with Crippen molar-refractivity contribution in [2.24, 2.45) is 5.92 Å². The van der Waals surface area contributed by atoms with Crippen molar-refractivity contribution in [3.05, 3.63) is 28.7 Å². The number of benzene rings is 1. The van der Waals surface area contributed by atoms with Gasteiger partial charge in [0.05, 0.1) is 12.2 Å². The molecule has 0 aromatic heterocycles. The minimum Gasteiger partial charge on any atom is -0.347 e. The summed E-state index contributed by atoms with van der Waals surface area (Å²) in [5, 5.41) is 5.40. The predicted octanol–water partition coefficient (Wildman–Crippen LogP) is 2.30. The lowest BCUT2D eigenvalue weighted by Crippen LogP contribution is -2.39. The first kappa shape index (κ1) is 13.1. The van der Waals surface area contributed by atoms with E-state index in [2.05, 4.69) is 26.6 Å². The van der Waals surface area contributed by atoms with E-state index in [1.807, 2.05) is 18.2 Å². The number of hydrogen-bond acceptors (Lipinski definition) is 2. The molecule has 0 bridgehead atoms. The number of amides is 2. The van der Waals surface area contributed by atoms with Crippen molar-refractivity contribution in [1.82, 2.24) is 5.32 Å². The third-order valence-corrected chi connectivity index (χ3v) is 3.74. The minimum absolute atomic E-state index is 0.0106. The number of nitrogens with one attached hydrogen (secondary N) is 2. The highest BCUT2D eigenvalue weighted by molar-refractivity contribution is 9.10. The summed E-state index contributed by atoms with van der Waals surface area (Å²) in [5.41, 5.74) is 0.709. The van der Waals surface area contributed by atoms with Gasteiger partial charge in [0.1, 0.15) is 0 Å². The van der Waals surface area contributed by atoms with Gasteiger partial charge in [-0.05, 0) is 40.9 Å². The summed E-state index contributed by atoms with van der Waals surface area (Å²) in [4.78, 5) is 23.2. The van der Waals surface area contributed by atoms with Gasteiger partial charge in [-0.15, -0.1) is 0 Å². The summed E-state index contributed by atoms with van der Waals surface area (Å²) < 4.78 is 0.823. The Morgan fingerprint density at radius 3 is 2.61 bits per heavy atom. The Hall–Kier alpha value is -1.36. The Morgan fingerprint density at radius 1 is 1.28 bits per heavy atom. The average Bonchev–Trinajstić information content (AvgIpc) is 2.27. The molecule has 96 valence electrons. The smallest absolute Gasteiger partial charge is 0.243 e. The number of anilines is 1. The molecule has 0 saturated heterocycles. The third kappa shape index (κ3) is 3.32. The van der Waals surface area contributed by atoms with Gasteiger partial charge >= 0.3 is 0 Å². The van der Waals surface area contributed by atoms with Crippen molar-refractivity contribution in [1.29, 1.82) is 0 Å². The van der Waals surface area contributed by atoms with E-state index in [1.165, 1.54) is 0 Å². The van der Waals surface area contributed by atoms with Gasteiger partial charge in [-0.2, -0.15) is 0 Å². The molecule has 2 amide bonds. The lowest BCUT2D eigenvalue weighted by molar-refractivity contribution is -0.129. The Labute approximate surface area is 114 Å². The highest BCUT2D eigenvalue weighted by Crippen LogP contribution is 2.26. The number of rotatable bonds is 4. The largest absolute Gasteiger partial charge is 0.347 e. The quantitative estimate of drug-likeness (QED) is 0.896. The molecule has 2 rings (SSSR count). The van der Waals surface area contributed by atoms with Crippen LogP contribution in [0.3, 0.4) is 0 Å².